The molecule has 0 aliphatic carbocycles. The number of hydrogen-bond donors (Lipinski definition) is 2. The third-order valence-corrected chi connectivity index (χ3v) is 2.71. The maximum atomic E-state index is 8.65. The van der Waals surface area contributed by atoms with Crippen molar-refractivity contribution in [3.05, 3.63) is 29.8 Å². The maximum absolute atomic E-state index is 8.65. The summed E-state index contributed by atoms with van der Waals surface area (Å²) >= 11 is 0. The van der Waals surface area contributed by atoms with Crippen molar-refractivity contribution < 1.29 is 19.7 Å². The first kappa shape index (κ1) is 16.0. The van der Waals surface area contributed by atoms with Crippen molar-refractivity contribution in [1.82, 2.24) is 0 Å². The van der Waals surface area contributed by atoms with Crippen LogP contribution in [0.2, 0.25) is 0 Å². The Morgan fingerprint density at radius 3 is 2.05 bits per heavy atom. The summed E-state index contributed by atoms with van der Waals surface area (Å²) in [6.45, 7) is 2.36. The van der Waals surface area contributed by atoms with Crippen molar-refractivity contribution in [2.45, 2.75) is 32.3 Å². The smallest absolute Gasteiger partial charge is 0.119 e. The second-order valence-corrected chi connectivity index (χ2v) is 4.41. The molecule has 1 rings (SSSR count). The zero-order valence-corrected chi connectivity index (χ0v) is 11.4. The quantitative estimate of drug-likeness (QED) is 0.604. The van der Waals surface area contributed by atoms with Gasteiger partial charge in [0.2, 0.25) is 0 Å². The van der Waals surface area contributed by atoms with Crippen LogP contribution in [0.15, 0.2) is 24.3 Å². The lowest BCUT2D eigenvalue weighted by Gasteiger charge is -2.07. The van der Waals surface area contributed by atoms with E-state index >= 15 is 0 Å². The van der Waals surface area contributed by atoms with Crippen LogP contribution in [-0.4, -0.2) is 36.6 Å². The number of aliphatic hydroxyl groups is 2. The molecule has 108 valence electrons. The van der Waals surface area contributed by atoms with E-state index < -0.39 is 0 Å². The molecule has 0 aliphatic rings. The molecule has 1 aromatic rings. The van der Waals surface area contributed by atoms with Crippen molar-refractivity contribution in [2.75, 3.05) is 26.4 Å². The van der Waals surface area contributed by atoms with Crippen molar-refractivity contribution in [1.29, 1.82) is 0 Å². The Morgan fingerprint density at radius 2 is 1.42 bits per heavy atom. The predicted octanol–water partition coefficient (Wildman–Crippen LogP) is 2.13. The molecule has 4 heteroatoms. The molecule has 0 aliphatic heterocycles. The first-order valence-electron chi connectivity index (χ1n) is 6.88. The van der Waals surface area contributed by atoms with Crippen LogP contribution in [0.4, 0.5) is 0 Å². The minimum absolute atomic E-state index is 0.218. The van der Waals surface area contributed by atoms with E-state index in [1.807, 2.05) is 24.3 Å². The van der Waals surface area contributed by atoms with Gasteiger partial charge in [-0.25, -0.2) is 0 Å². The molecule has 2 N–H and O–H groups in total. The lowest BCUT2D eigenvalue weighted by molar-refractivity contribution is 0.112. The van der Waals surface area contributed by atoms with Crippen LogP contribution in [0, 0.1) is 0 Å². The minimum Gasteiger partial charge on any atom is -0.494 e. The van der Waals surface area contributed by atoms with E-state index in [0.717, 1.165) is 37.0 Å². The normalized spacial score (nSPS) is 10.6. The summed E-state index contributed by atoms with van der Waals surface area (Å²) in [4.78, 5) is 0. The number of ether oxygens (including phenoxy) is 2. The van der Waals surface area contributed by atoms with Crippen LogP contribution < -0.4 is 4.74 Å². The Labute approximate surface area is 115 Å². The second kappa shape index (κ2) is 10.8. The van der Waals surface area contributed by atoms with Gasteiger partial charge in [0.15, 0.2) is 0 Å². The van der Waals surface area contributed by atoms with Crippen molar-refractivity contribution in [3.8, 4) is 5.75 Å². The molecule has 4 nitrogen and oxygen atoms in total. The van der Waals surface area contributed by atoms with Crippen molar-refractivity contribution >= 4 is 0 Å². The molecule has 0 amide bonds. The van der Waals surface area contributed by atoms with E-state index in [2.05, 4.69) is 0 Å². The van der Waals surface area contributed by atoms with Crippen LogP contribution >= 0.6 is 0 Å². The lowest BCUT2D eigenvalue weighted by Crippen LogP contribution is -1.99. The van der Waals surface area contributed by atoms with Gasteiger partial charge in [0, 0.05) is 19.8 Å². The fourth-order valence-corrected chi connectivity index (χ4v) is 1.59. The number of unbranched alkanes of at least 4 members (excludes halogenated alkanes) is 2. The average Bonchev–Trinajstić information content (AvgIpc) is 2.45. The first-order valence-corrected chi connectivity index (χ1v) is 6.88. The molecule has 0 heterocycles. The molecule has 19 heavy (non-hydrogen) atoms. The zero-order chi connectivity index (χ0) is 13.8. The topological polar surface area (TPSA) is 58.9 Å². The van der Waals surface area contributed by atoms with E-state index in [0.29, 0.717) is 19.8 Å². The molecule has 0 aromatic heterocycles. The molecular formula is C15H24O4. The van der Waals surface area contributed by atoms with Crippen LogP contribution in [0.3, 0.4) is 0 Å². The summed E-state index contributed by atoms with van der Waals surface area (Å²) in [5.74, 6) is 0.849. The molecule has 0 radical (unpaired) electrons. The highest BCUT2D eigenvalue weighted by molar-refractivity contribution is 5.26. The van der Waals surface area contributed by atoms with E-state index in [1.54, 1.807) is 0 Å². The first-order chi connectivity index (χ1) is 9.36. The number of benzene rings is 1. The fraction of sp³-hybridized carbons (Fsp3) is 0.600. The molecule has 1 aromatic carbocycles. The Kier molecular flexibility index (Phi) is 9.06. The van der Waals surface area contributed by atoms with Gasteiger partial charge in [-0.2, -0.15) is 0 Å². The third kappa shape index (κ3) is 7.82. The number of hydrogen-bond acceptors (Lipinski definition) is 4. The van der Waals surface area contributed by atoms with Crippen LogP contribution in [0.1, 0.15) is 31.2 Å². The highest BCUT2D eigenvalue weighted by atomic mass is 16.5. The van der Waals surface area contributed by atoms with Gasteiger partial charge in [0.25, 0.3) is 0 Å². The highest BCUT2D eigenvalue weighted by Gasteiger charge is 1.97. The molecule has 0 fully saturated rings. The molecule has 0 atom stereocenters. The molecule has 0 spiro atoms. The molecule has 0 saturated heterocycles. The Balaban J connectivity index is 2.16. The van der Waals surface area contributed by atoms with Gasteiger partial charge in [-0.3, -0.25) is 0 Å². The summed E-state index contributed by atoms with van der Waals surface area (Å²) in [6.07, 6.45) is 3.33. The van der Waals surface area contributed by atoms with E-state index in [1.165, 1.54) is 0 Å². The lowest BCUT2D eigenvalue weighted by atomic mass is 10.2. The SMILES string of the molecule is OCCCCOCc1ccc(OCCCCO)cc1. The standard InChI is InChI=1S/C15H24O4/c16-9-1-3-11-18-13-14-5-7-15(8-6-14)19-12-4-2-10-17/h5-8,16-17H,1-4,9-13H2. The van der Waals surface area contributed by atoms with Gasteiger partial charge in [-0.1, -0.05) is 12.1 Å². The van der Waals surface area contributed by atoms with Gasteiger partial charge in [0.05, 0.1) is 13.2 Å². The Hall–Kier alpha value is -1.10. The van der Waals surface area contributed by atoms with Crippen LogP contribution in [-0.2, 0) is 11.3 Å². The van der Waals surface area contributed by atoms with Gasteiger partial charge >= 0.3 is 0 Å². The number of rotatable bonds is 11. The van der Waals surface area contributed by atoms with Gasteiger partial charge in [0.1, 0.15) is 5.75 Å². The Bertz CT molecular complexity index is 310. The van der Waals surface area contributed by atoms with E-state index in [9.17, 15) is 0 Å². The molecule has 0 saturated carbocycles. The molecule has 0 unspecified atom stereocenters. The third-order valence-electron chi connectivity index (χ3n) is 2.71. The number of aliphatic hydroxyl groups excluding tert-OH is 2. The highest BCUT2D eigenvalue weighted by Crippen LogP contribution is 2.13. The summed E-state index contributed by atoms with van der Waals surface area (Å²) in [5, 5.41) is 17.3. The predicted molar refractivity (Wildman–Crippen MR) is 74.2 cm³/mol. The Morgan fingerprint density at radius 1 is 0.789 bits per heavy atom. The average molecular weight is 268 g/mol. The second-order valence-electron chi connectivity index (χ2n) is 4.41. The zero-order valence-electron chi connectivity index (χ0n) is 11.4. The maximum Gasteiger partial charge on any atom is 0.119 e. The summed E-state index contributed by atoms with van der Waals surface area (Å²) < 4.78 is 11.0. The largest absolute Gasteiger partial charge is 0.494 e. The monoisotopic (exact) mass is 268 g/mol. The van der Waals surface area contributed by atoms with Gasteiger partial charge < -0.3 is 19.7 Å². The summed E-state index contributed by atoms with van der Waals surface area (Å²) in [6, 6.07) is 7.86. The van der Waals surface area contributed by atoms with Crippen LogP contribution in [0.25, 0.3) is 0 Å². The van der Waals surface area contributed by atoms with Gasteiger partial charge in [-0.05, 0) is 43.4 Å². The summed E-state index contributed by atoms with van der Waals surface area (Å²) in [5.41, 5.74) is 1.12. The molecule has 0 bridgehead atoms. The summed E-state index contributed by atoms with van der Waals surface area (Å²) in [7, 11) is 0. The van der Waals surface area contributed by atoms with Gasteiger partial charge in [-0.15, -0.1) is 0 Å². The van der Waals surface area contributed by atoms with E-state index in [-0.39, 0.29) is 13.2 Å². The fourth-order valence-electron chi connectivity index (χ4n) is 1.59. The van der Waals surface area contributed by atoms with Crippen molar-refractivity contribution in [2.24, 2.45) is 0 Å². The van der Waals surface area contributed by atoms with E-state index in [4.69, 9.17) is 19.7 Å². The van der Waals surface area contributed by atoms with Crippen LogP contribution in [0.5, 0.6) is 5.75 Å². The molecular weight excluding hydrogens is 244 g/mol. The van der Waals surface area contributed by atoms with Crippen molar-refractivity contribution in [3.63, 3.8) is 0 Å². The minimum atomic E-state index is 0.218.